The maximum absolute atomic E-state index is 12.8. The minimum Gasteiger partial charge on any atom is -0.369 e. The Kier molecular flexibility index (Phi) is 3.36. The predicted octanol–water partition coefficient (Wildman–Crippen LogP) is -0.474. The second kappa shape index (κ2) is 5.21. The van der Waals surface area contributed by atoms with E-state index in [1.165, 1.54) is 11.1 Å². The largest absolute Gasteiger partial charge is 0.369 e. The third-order valence-corrected chi connectivity index (χ3v) is 3.87. The molecule has 1 aromatic heterocycles. The van der Waals surface area contributed by atoms with Gasteiger partial charge in [-0.25, -0.2) is 0 Å². The molecule has 0 fully saturated rings. The number of amides is 2. The van der Waals surface area contributed by atoms with E-state index in [2.05, 4.69) is 20.3 Å². The lowest BCUT2D eigenvalue weighted by atomic mass is 10.00. The van der Waals surface area contributed by atoms with Gasteiger partial charge in [0.2, 0.25) is 5.96 Å². The number of nitrogens with zero attached hydrogens (tertiary/aromatic N) is 4. The number of nitrogens with one attached hydrogen (secondary N) is 1. The fraction of sp³-hybridized carbons (Fsp3) is 0.357. The molecule has 8 nitrogen and oxygen atoms in total. The second-order valence-corrected chi connectivity index (χ2v) is 5.31. The van der Waals surface area contributed by atoms with Crippen LogP contribution in [0.2, 0.25) is 0 Å². The molecule has 0 aliphatic carbocycles. The van der Waals surface area contributed by atoms with Crippen molar-refractivity contribution in [2.45, 2.75) is 32.0 Å². The van der Waals surface area contributed by atoms with Crippen LogP contribution < -0.4 is 11.1 Å². The van der Waals surface area contributed by atoms with E-state index in [0.717, 1.165) is 0 Å². The van der Waals surface area contributed by atoms with Crippen LogP contribution in [-0.4, -0.2) is 51.6 Å². The van der Waals surface area contributed by atoms with Gasteiger partial charge in [0.25, 0.3) is 11.8 Å². The minimum atomic E-state index is -0.869. The Balaban J connectivity index is 2.05. The van der Waals surface area contributed by atoms with Crippen molar-refractivity contribution >= 4 is 23.6 Å². The summed E-state index contributed by atoms with van der Waals surface area (Å²) in [7, 11) is 0. The molecule has 0 saturated heterocycles. The first-order chi connectivity index (χ1) is 10.5. The first-order valence-electron chi connectivity index (χ1n) is 6.94. The molecule has 0 saturated carbocycles. The fourth-order valence-corrected chi connectivity index (χ4v) is 2.60. The number of rotatable bonds is 1. The van der Waals surface area contributed by atoms with Crippen molar-refractivity contribution in [1.82, 2.24) is 15.2 Å². The Bertz CT molecular complexity index is 684. The third-order valence-electron chi connectivity index (χ3n) is 3.87. The summed E-state index contributed by atoms with van der Waals surface area (Å²) in [4.78, 5) is 39.0. The van der Waals surface area contributed by atoms with Crippen molar-refractivity contribution in [2.75, 3.05) is 0 Å². The van der Waals surface area contributed by atoms with E-state index in [9.17, 15) is 9.59 Å². The summed E-state index contributed by atoms with van der Waals surface area (Å²) < 4.78 is 0. The number of hydrogen-bond acceptors (Lipinski definition) is 6. The van der Waals surface area contributed by atoms with Gasteiger partial charge in [-0.1, -0.05) is 0 Å². The molecule has 114 valence electrons. The van der Waals surface area contributed by atoms with Gasteiger partial charge in [-0.3, -0.25) is 24.9 Å². The lowest BCUT2D eigenvalue weighted by Gasteiger charge is -2.41. The molecule has 3 unspecified atom stereocenters. The molecule has 3 heterocycles. The van der Waals surface area contributed by atoms with Gasteiger partial charge in [0, 0.05) is 12.4 Å². The zero-order valence-electron chi connectivity index (χ0n) is 12.2. The Morgan fingerprint density at radius 2 is 2.18 bits per heavy atom. The van der Waals surface area contributed by atoms with Gasteiger partial charge in [0.15, 0.2) is 11.9 Å². The van der Waals surface area contributed by atoms with Crippen LogP contribution in [0.4, 0.5) is 0 Å². The third kappa shape index (κ3) is 2.22. The van der Waals surface area contributed by atoms with Gasteiger partial charge < -0.3 is 10.6 Å². The quantitative estimate of drug-likeness (QED) is 0.729. The maximum Gasteiger partial charge on any atom is 0.257 e. The number of hydrogen-bond donors (Lipinski definition) is 2. The number of carbonyl (C=O) groups excluding carboxylic acids is 2. The van der Waals surface area contributed by atoms with Crippen LogP contribution in [0.1, 0.15) is 24.2 Å². The summed E-state index contributed by atoms with van der Waals surface area (Å²) >= 11 is 0. The summed E-state index contributed by atoms with van der Waals surface area (Å²) in [5, 5.41) is 2.45. The molecule has 2 amide bonds. The molecule has 2 aliphatic rings. The highest BCUT2D eigenvalue weighted by molar-refractivity contribution is 6.21. The molecule has 2 aliphatic heterocycles. The zero-order valence-corrected chi connectivity index (χ0v) is 12.2. The molecule has 3 rings (SSSR count). The predicted molar refractivity (Wildman–Crippen MR) is 80.3 cm³/mol. The fourth-order valence-electron chi connectivity index (χ4n) is 2.60. The van der Waals surface area contributed by atoms with Crippen LogP contribution in [-0.2, 0) is 4.79 Å². The van der Waals surface area contributed by atoms with Crippen LogP contribution in [0.25, 0.3) is 0 Å². The van der Waals surface area contributed by atoms with Crippen molar-refractivity contribution in [1.29, 1.82) is 0 Å². The summed E-state index contributed by atoms with van der Waals surface area (Å²) in [5.41, 5.74) is 5.98. The van der Waals surface area contributed by atoms with Gasteiger partial charge in [0.05, 0.1) is 17.6 Å². The first-order valence-corrected chi connectivity index (χ1v) is 6.94. The van der Waals surface area contributed by atoms with E-state index in [4.69, 9.17) is 5.73 Å². The van der Waals surface area contributed by atoms with E-state index < -0.39 is 11.9 Å². The van der Waals surface area contributed by atoms with E-state index >= 15 is 0 Å². The van der Waals surface area contributed by atoms with E-state index in [1.807, 2.05) is 13.8 Å². The number of pyridine rings is 1. The average Bonchev–Trinajstić information content (AvgIpc) is 2.49. The molecule has 8 heteroatoms. The smallest absolute Gasteiger partial charge is 0.257 e. The lowest BCUT2D eigenvalue weighted by molar-refractivity contribution is -0.123. The molecule has 0 radical (unpaired) electrons. The van der Waals surface area contributed by atoms with Gasteiger partial charge in [-0.2, -0.15) is 4.99 Å². The SMILES string of the molecule is CC1N=C2N=C(N)NC(=O)C2N(C(=O)c2cccnc2)C1C. The first kappa shape index (κ1) is 14.2. The molecule has 3 N–H and O–H groups in total. The molecule has 0 bridgehead atoms. The number of guanidine groups is 1. The highest BCUT2D eigenvalue weighted by Gasteiger charge is 2.44. The Morgan fingerprint density at radius 1 is 1.41 bits per heavy atom. The van der Waals surface area contributed by atoms with Crippen LogP contribution >= 0.6 is 0 Å². The Hall–Kier alpha value is -2.77. The topological polar surface area (TPSA) is 113 Å². The number of aromatic nitrogens is 1. The monoisotopic (exact) mass is 300 g/mol. The highest BCUT2D eigenvalue weighted by Crippen LogP contribution is 2.24. The van der Waals surface area contributed by atoms with Crippen molar-refractivity contribution in [2.24, 2.45) is 15.7 Å². The summed E-state index contributed by atoms with van der Waals surface area (Å²) in [5.74, 6) is -0.419. The molecular weight excluding hydrogens is 284 g/mol. The van der Waals surface area contributed by atoms with Crippen molar-refractivity contribution in [3.63, 3.8) is 0 Å². The molecule has 3 atom stereocenters. The average molecular weight is 300 g/mol. The summed E-state index contributed by atoms with van der Waals surface area (Å²) in [6.45, 7) is 3.73. The highest BCUT2D eigenvalue weighted by atomic mass is 16.2. The normalized spacial score (nSPS) is 27.5. The standard InChI is InChI=1S/C14H16N6O2/c1-7-8(2)20(13(22)9-4-3-5-16-6-9)10-11(17-7)18-14(15)19-12(10)21/h3-8,10H,1-2H3,(H3,15,17,18,19,21). The van der Waals surface area contributed by atoms with Crippen LogP contribution in [0.3, 0.4) is 0 Å². The molecule has 22 heavy (non-hydrogen) atoms. The molecule has 0 spiro atoms. The number of carbonyl (C=O) groups is 2. The van der Waals surface area contributed by atoms with Gasteiger partial charge >= 0.3 is 0 Å². The number of amidine groups is 1. The zero-order chi connectivity index (χ0) is 15.9. The summed E-state index contributed by atoms with van der Waals surface area (Å²) in [6.07, 6.45) is 3.06. The van der Waals surface area contributed by atoms with Gasteiger partial charge in [-0.15, -0.1) is 0 Å². The van der Waals surface area contributed by atoms with Crippen molar-refractivity contribution in [3.05, 3.63) is 30.1 Å². The van der Waals surface area contributed by atoms with Crippen LogP contribution in [0.5, 0.6) is 0 Å². The lowest BCUT2D eigenvalue weighted by Crippen LogP contribution is -2.64. The van der Waals surface area contributed by atoms with E-state index in [1.54, 1.807) is 18.3 Å². The maximum atomic E-state index is 12.8. The Morgan fingerprint density at radius 3 is 2.86 bits per heavy atom. The van der Waals surface area contributed by atoms with Gasteiger partial charge in [-0.05, 0) is 26.0 Å². The van der Waals surface area contributed by atoms with Crippen molar-refractivity contribution in [3.8, 4) is 0 Å². The number of aliphatic imine (C=N–C) groups is 2. The molecule has 1 aromatic rings. The number of fused-ring (bicyclic) bond motifs is 1. The van der Waals surface area contributed by atoms with E-state index in [0.29, 0.717) is 5.56 Å². The van der Waals surface area contributed by atoms with Crippen LogP contribution in [0, 0.1) is 0 Å². The molecular formula is C14H16N6O2. The van der Waals surface area contributed by atoms with Gasteiger partial charge in [0.1, 0.15) is 0 Å². The van der Waals surface area contributed by atoms with Crippen LogP contribution in [0.15, 0.2) is 34.5 Å². The summed E-state index contributed by atoms with van der Waals surface area (Å²) in [6, 6.07) is 2.04. The van der Waals surface area contributed by atoms with E-state index in [-0.39, 0.29) is 29.8 Å². The van der Waals surface area contributed by atoms with Crippen molar-refractivity contribution < 1.29 is 9.59 Å². The second-order valence-electron chi connectivity index (χ2n) is 5.31. The molecule has 0 aromatic carbocycles. The Labute approximate surface area is 127 Å². The minimum absolute atomic E-state index is 0.00414. The number of nitrogens with two attached hydrogens (primary N) is 1.